The Hall–Kier alpha value is -2.46. The predicted octanol–water partition coefficient (Wildman–Crippen LogP) is 2.43. The van der Waals surface area contributed by atoms with Gasteiger partial charge >= 0.3 is 0 Å². The maximum atomic E-state index is 9.18. The third kappa shape index (κ3) is 2.26. The van der Waals surface area contributed by atoms with Crippen molar-refractivity contribution in [3.63, 3.8) is 0 Å². The lowest BCUT2D eigenvalue weighted by molar-refractivity contribution is 0.277. The summed E-state index contributed by atoms with van der Waals surface area (Å²) in [6.45, 7) is -0.0545. The van der Waals surface area contributed by atoms with Gasteiger partial charge in [0.15, 0.2) is 0 Å². The van der Waals surface area contributed by atoms with Crippen LogP contribution in [0.3, 0.4) is 0 Å². The van der Waals surface area contributed by atoms with E-state index in [-0.39, 0.29) is 6.61 Å². The highest BCUT2D eigenvalue weighted by molar-refractivity contribution is 5.70. The monoisotopic (exact) mass is 251 g/mol. The zero-order chi connectivity index (χ0) is 13.1. The fourth-order valence-electron chi connectivity index (χ4n) is 2.03. The second-order valence-electron chi connectivity index (χ2n) is 4.16. The first kappa shape index (κ1) is 11.6. The van der Waals surface area contributed by atoms with Crippen molar-refractivity contribution >= 4 is 0 Å². The van der Waals surface area contributed by atoms with E-state index in [1.165, 1.54) is 0 Å². The van der Waals surface area contributed by atoms with Crippen LogP contribution in [-0.4, -0.2) is 19.6 Å². The van der Waals surface area contributed by atoms with Crippen molar-refractivity contribution in [3.05, 3.63) is 66.9 Å². The molecule has 2 heterocycles. The van der Waals surface area contributed by atoms with Crippen molar-refractivity contribution in [2.45, 2.75) is 6.61 Å². The van der Waals surface area contributed by atoms with E-state index in [9.17, 15) is 5.11 Å². The fraction of sp³-hybridized carbons (Fsp3) is 0.0667. The van der Waals surface area contributed by atoms with Crippen LogP contribution in [0.4, 0.5) is 0 Å². The summed E-state index contributed by atoms with van der Waals surface area (Å²) in [5.41, 5.74) is 3.53. The van der Waals surface area contributed by atoms with Gasteiger partial charge in [-0.25, -0.2) is 4.98 Å². The lowest BCUT2D eigenvalue weighted by Crippen LogP contribution is -1.97. The van der Waals surface area contributed by atoms with Gasteiger partial charge in [0.1, 0.15) is 0 Å². The number of hydrogen-bond donors (Lipinski definition) is 1. The fourth-order valence-corrected chi connectivity index (χ4v) is 2.03. The van der Waals surface area contributed by atoms with Gasteiger partial charge in [0.05, 0.1) is 30.0 Å². The Bertz CT molecular complexity index is 677. The minimum absolute atomic E-state index is 0.0545. The van der Waals surface area contributed by atoms with E-state index in [0.717, 1.165) is 16.9 Å². The predicted molar refractivity (Wildman–Crippen MR) is 72.7 cm³/mol. The molecule has 19 heavy (non-hydrogen) atoms. The summed E-state index contributed by atoms with van der Waals surface area (Å²) in [5, 5.41) is 9.18. The van der Waals surface area contributed by atoms with Gasteiger partial charge in [0.2, 0.25) is 0 Å². The smallest absolute Gasteiger partial charge is 0.0991 e. The number of aliphatic hydroxyl groups is 1. The van der Waals surface area contributed by atoms with E-state index in [2.05, 4.69) is 9.97 Å². The lowest BCUT2D eigenvalue weighted by Gasteiger charge is -2.10. The van der Waals surface area contributed by atoms with Gasteiger partial charge in [0.25, 0.3) is 0 Å². The van der Waals surface area contributed by atoms with Crippen LogP contribution in [0.25, 0.3) is 16.9 Å². The van der Waals surface area contributed by atoms with Gasteiger partial charge in [-0.3, -0.25) is 4.98 Å². The molecule has 0 aliphatic heterocycles. The van der Waals surface area contributed by atoms with Crippen LogP contribution in [0, 0.1) is 0 Å². The standard InChI is InChI=1S/C15H13N3O/c19-10-12-4-3-6-14(17-12)13-5-1-2-7-15(13)18-9-8-16-11-18/h1-9,11,19H,10H2. The van der Waals surface area contributed by atoms with E-state index in [1.54, 1.807) is 12.5 Å². The van der Waals surface area contributed by atoms with Gasteiger partial charge in [-0.1, -0.05) is 24.3 Å². The number of aromatic nitrogens is 3. The Morgan fingerprint density at radius 1 is 1.05 bits per heavy atom. The van der Waals surface area contributed by atoms with Crippen molar-refractivity contribution in [2.75, 3.05) is 0 Å². The third-order valence-corrected chi connectivity index (χ3v) is 2.93. The van der Waals surface area contributed by atoms with E-state index in [0.29, 0.717) is 5.69 Å². The molecule has 1 N–H and O–H groups in total. The van der Waals surface area contributed by atoms with E-state index in [1.807, 2.05) is 53.2 Å². The van der Waals surface area contributed by atoms with Crippen molar-refractivity contribution < 1.29 is 5.11 Å². The molecule has 3 rings (SSSR count). The highest BCUT2D eigenvalue weighted by Crippen LogP contribution is 2.25. The molecular formula is C15H13N3O. The molecule has 0 bridgehead atoms. The quantitative estimate of drug-likeness (QED) is 0.777. The number of nitrogens with zero attached hydrogens (tertiary/aromatic N) is 3. The molecule has 3 aromatic rings. The molecule has 4 nitrogen and oxygen atoms in total. The molecule has 0 atom stereocenters. The van der Waals surface area contributed by atoms with Crippen molar-refractivity contribution in [1.82, 2.24) is 14.5 Å². The van der Waals surface area contributed by atoms with Crippen LogP contribution in [0.15, 0.2) is 61.2 Å². The van der Waals surface area contributed by atoms with Crippen LogP contribution in [-0.2, 0) is 6.61 Å². The molecule has 0 radical (unpaired) electrons. The SMILES string of the molecule is OCc1cccc(-c2ccccc2-n2ccnc2)n1. The Morgan fingerprint density at radius 3 is 2.74 bits per heavy atom. The lowest BCUT2D eigenvalue weighted by atomic mass is 10.1. The van der Waals surface area contributed by atoms with Crippen LogP contribution >= 0.6 is 0 Å². The minimum Gasteiger partial charge on any atom is -0.390 e. The molecule has 0 amide bonds. The van der Waals surface area contributed by atoms with Crippen LogP contribution < -0.4 is 0 Å². The van der Waals surface area contributed by atoms with Gasteiger partial charge in [-0.05, 0) is 18.2 Å². The third-order valence-electron chi connectivity index (χ3n) is 2.93. The Balaban J connectivity index is 2.15. The average Bonchev–Trinajstić information content (AvgIpc) is 3.01. The van der Waals surface area contributed by atoms with E-state index in [4.69, 9.17) is 0 Å². The molecule has 0 fully saturated rings. The van der Waals surface area contributed by atoms with Gasteiger partial charge in [-0.15, -0.1) is 0 Å². The van der Waals surface area contributed by atoms with Crippen molar-refractivity contribution in [1.29, 1.82) is 0 Å². The van der Waals surface area contributed by atoms with Crippen molar-refractivity contribution in [3.8, 4) is 16.9 Å². The average molecular weight is 251 g/mol. The zero-order valence-corrected chi connectivity index (χ0v) is 10.3. The summed E-state index contributed by atoms with van der Waals surface area (Å²) in [6.07, 6.45) is 5.40. The van der Waals surface area contributed by atoms with E-state index < -0.39 is 0 Å². The summed E-state index contributed by atoms with van der Waals surface area (Å²) < 4.78 is 1.95. The maximum absolute atomic E-state index is 9.18. The number of hydrogen-bond acceptors (Lipinski definition) is 3. The van der Waals surface area contributed by atoms with Crippen molar-refractivity contribution in [2.24, 2.45) is 0 Å². The van der Waals surface area contributed by atoms with Crippen LogP contribution in [0.1, 0.15) is 5.69 Å². The molecule has 4 heteroatoms. The number of imidazole rings is 1. The van der Waals surface area contributed by atoms with Gasteiger partial charge in [-0.2, -0.15) is 0 Å². The first-order valence-electron chi connectivity index (χ1n) is 6.03. The van der Waals surface area contributed by atoms with Gasteiger partial charge < -0.3 is 9.67 Å². The molecule has 94 valence electrons. The Morgan fingerprint density at radius 2 is 1.95 bits per heavy atom. The number of pyridine rings is 1. The zero-order valence-electron chi connectivity index (χ0n) is 10.3. The molecule has 1 aromatic carbocycles. The Labute approximate surface area is 111 Å². The molecule has 2 aromatic heterocycles. The van der Waals surface area contributed by atoms with Crippen LogP contribution in [0.2, 0.25) is 0 Å². The minimum atomic E-state index is -0.0545. The summed E-state index contributed by atoms with van der Waals surface area (Å²) in [5.74, 6) is 0. The first-order valence-corrected chi connectivity index (χ1v) is 6.03. The summed E-state index contributed by atoms with van der Waals surface area (Å²) >= 11 is 0. The molecule has 0 unspecified atom stereocenters. The highest BCUT2D eigenvalue weighted by Gasteiger charge is 2.07. The number of rotatable bonds is 3. The molecule has 0 saturated carbocycles. The number of benzene rings is 1. The molecule has 0 saturated heterocycles. The maximum Gasteiger partial charge on any atom is 0.0991 e. The largest absolute Gasteiger partial charge is 0.390 e. The molecule has 0 spiro atoms. The molecular weight excluding hydrogens is 238 g/mol. The van der Waals surface area contributed by atoms with Crippen LogP contribution in [0.5, 0.6) is 0 Å². The summed E-state index contributed by atoms with van der Waals surface area (Å²) in [4.78, 5) is 8.52. The first-order chi connectivity index (χ1) is 9.38. The van der Waals surface area contributed by atoms with Gasteiger partial charge in [0, 0.05) is 18.0 Å². The number of aliphatic hydroxyl groups excluding tert-OH is 1. The summed E-state index contributed by atoms with van der Waals surface area (Å²) in [7, 11) is 0. The Kier molecular flexibility index (Phi) is 3.08. The molecule has 0 aliphatic carbocycles. The highest BCUT2D eigenvalue weighted by atomic mass is 16.3. The molecule has 0 aliphatic rings. The van der Waals surface area contributed by atoms with E-state index >= 15 is 0 Å². The number of para-hydroxylation sites is 1. The second-order valence-corrected chi connectivity index (χ2v) is 4.16. The topological polar surface area (TPSA) is 50.9 Å². The second kappa shape index (κ2) is 5.04. The summed E-state index contributed by atoms with van der Waals surface area (Å²) in [6, 6.07) is 13.6. The normalized spacial score (nSPS) is 10.6.